The van der Waals surface area contributed by atoms with Crippen molar-refractivity contribution in [2.45, 2.75) is 44.8 Å². The molecule has 1 aromatic rings. The van der Waals surface area contributed by atoms with Gasteiger partial charge in [0, 0.05) is 31.8 Å². The van der Waals surface area contributed by atoms with Gasteiger partial charge in [0.15, 0.2) is 0 Å². The summed E-state index contributed by atoms with van der Waals surface area (Å²) in [6.07, 6.45) is 2.58. The second-order valence-corrected chi connectivity index (χ2v) is 5.68. The lowest BCUT2D eigenvalue weighted by Gasteiger charge is -2.35. The first-order chi connectivity index (χ1) is 9.13. The van der Waals surface area contributed by atoms with Gasteiger partial charge in [-0.05, 0) is 32.3 Å². The number of nitrogens with zero attached hydrogens (tertiary/aromatic N) is 1. The highest BCUT2D eigenvalue weighted by Crippen LogP contribution is 2.35. The first-order valence-electron chi connectivity index (χ1n) is 7.20. The van der Waals surface area contributed by atoms with Gasteiger partial charge in [0.25, 0.3) is 0 Å². The zero-order chi connectivity index (χ0) is 13.8. The zero-order valence-corrected chi connectivity index (χ0v) is 12.3. The Bertz CT molecular complexity index is 401. The zero-order valence-electron chi connectivity index (χ0n) is 12.3. The number of nitrogens with two attached hydrogens (primary N) is 1. The van der Waals surface area contributed by atoms with Crippen molar-refractivity contribution in [1.29, 1.82) is 0 Å². The van der Waals surface area contributed by atoms with E-state index in [4.69, 9.17) is 10.5 Å². The van der Waals surface area contributed by atoms with E-state index in [1.165, 1.54) is 24.0 Å². The van der Waals surface area contributed by atoms with Crippen molar-refractivity contribution in [3.8, 4) is 0 Å². The predicted octanol–water partition coefficient (Wildman–Crippen LogP) is 2.49. The van der Waals surface area contributed by atoms with E-state index in [2.05, 4.69) is 43.0 Å². The van der Waals surface area contributed by atoms with Crippen LogP contribution in [0.1, 0.15) is 36.9 Å². The number of benzene rings is 1. The fourth-order valence-electron chi connectivity index (χ4n) is 2.80. The van der Waals surface area contributed by atoms with Gasteiger partial charge in [-0.25, -0.2) is 0 Å². The standard InChI is InChI=1S/C16H26N2O/c1-12-5-4-6-14(11-12)16(13(2)17)18(9-10-19-3)15-7-8-15/h4-6,11,13,15-16H,7-10,17H2,1-3H3. The van der Waals surface area contributed by atoms with Crippen LogP contribution in [0.4, 0.5) is 0 Å². The molecular weight excluding hydrogens is 236 g/mol. The SMILES string of the molecule is COCCN(C1CC1)C(c1cccc(C)c1)C(C)N. The monoisotopic (exact) mass is 262 g/mol. The summed E-state index contributed by atoms with van der Waals surface area (Å²) < 4.78 is 5.26. The minimum Gasteiger partial charge on any atom is -0.383 e. The molecule has 1 saturated carbocycles. The maximum Gasteiger partial charge on any atom is 0.0590 e. The Morgan fingerprint density at radius 2 is 2.16 bits per heavy atom. The second-order valence-electron chi connectivity index (χ2n) is 5.68. The summed E-state index contributed by atoms with van der Waals surface area (Å²) in [5.41, 5.74) is 8.90. The Labute approximate surface area is 116 Å². The smallest absolute Gasteiger partial charge is 0.0590 e. The minimum absolute atomic E-state index is 0.124. The van der Waals surface area contributed by atoms with Crippen LogP contribution in [-0.2, 0) is 4.74 Å². The van der Waals surface area contributed by atoms with Crippen LogP contribution in [0.5, 0.6) is 0 Å². The van der Waals surface area contributed by atoms with Crippen molar-refractivity contribution in [3.63, 3.8) is 0 Å². The van der Waals surface area contributed by atoms with Gasteiger partial charge in [-0.1, -0.05) is 29.8 Å². The van der Waals surface area contributed by atoms with Crippen molar-refractivity contribution in [3.05, 3.63) is 35.4 Å². The summed E-state index contributed by atoms with van der Waals surface area (Å²) in [4.78, 5) is 2.53. The highest BCUT2D eigenvalue weighted by molar-refractivity contribution is 5.26. The van der Waals surface area contributed by atoms with Crippen molar-refractivity contribution >= 4 is 0 Å². The average molecular weight is 262 g/mol. The summed E-state index contributed by atoms with van der Waals surface area (Å²) >= 11 is 0. The van der Waals surface area contributed by atoms with Gasteiger partial charge >= 0.3 is 0 Å². The molecule has 1 aromatic carbocycles. The molecule has 0 aliphatic heterocycles. The molecule has 0 spiro atoms. The Hall–Kier alpha value is -0.900. The van der Waals surface area contributed by atoms with Crippen LogP contribution >= 0.6 is 0 Å². The highest BCUT2D eigenvalue weighted by atomic mass is 16.5. The summed E-state index contributed by atoms with van der Waals surface area (Å²) in [5.74, 6) is 0. The Morgan fingerprint density at radius 3 is 2.68 bits per heavy atom. The van der Waals surface area contributed by atoms with E-state index in [-0.39, 0.29) is 6.04 Å². The molecule has 3 heteroatoms. The maximum absolute atomic E-state index is 6.27. The molecule has 0 bridgehead atoms. The molecule has 1 aliphatic rings. The molecular formula is C16H26N2O. The molecule has 0 radical (unpaired) electrons. The van der Waals surface area contributed by atoms with E-state index in [0.29, 0.717) is 12.1 Å². The van der Waals surface area contributed by atoms with E-state index < -0.39 is 0 Å². The lowest BCUT2D eigenvalue weighted by molar-refractivity contribution is 0.104. The van der Waals surface area contributed by atoms with Crippen LogP contribution in [0.2, 0.25) is 0 Å². The van der Waals surface area contributed by atoms with Gasteiger partial charge in [0.1, 0.15) is 0 Å². The molecule has 19 heavy (non-hydrogen) atoms. The van der Waals surface area contributed by atoms with Gasteiger partial charge in [-0.2, -0.15) is 0 Å². The maximum atomic E-state index is 6.27. The van der Waals surface area contributed by atoms with E-state index in [1.54, 1.807) is 7.11 Å². The summed E-state index contributed by atoms with van der Waals surface area (Å²) in [6, 6.07) is 9.83. The van der Waals surface area contributed by atoms with Crippen molar-refractivity contribution < 1.29 is 4.74 Å². The fourth-order valence-corrected chi connectivity index (χ4v) is 2.80. The third kappa shape index (κ3) is 3.78. The van der Waals surface area contributed by atoms with Crippen molar-refractivity contribution in [2.75, 3.05) is 20.3 Å². The first kappa shape index (κ1) is 14.5. The average Bonchev–Trinajstić information content (AvgIpc) is 3.18. The summed E-state index contributed by atoms with van der Waals surface area (Å²) in [7, 11) is 1.76. The van der Waals surface area contributed by atoms with Crippen molar-refractivity contribution in [1.82, 2.24) is 4.90 Å². The highest BCUT2D eigenvalue weighted by Gasteiger charge is 2.35. The lowest BCUT2D eigenvalue weighted by atomic mass is 9.97. The number of ether oxygens (including phenoxy) is 1. The van der Waals surface area contributed by atoms with Crippen LogP contribution in [-0.4, -0.2) is 37.2 Å². The normalized spacial score (nSPS) is 18.6. The lowest BCUT2D eigenvalue weighted by Crippen LogP contribution is -2.42. The van der Waals surface area contributed by atoms with Crippen LogP contribution in [0, 0.1) is 6.92 Å². The van der Waals surface area contributed by atoms with Crippen LogP contribution < -0.4 is 5.73 Å². The Kier molecular flexibility index (Phi) is 4.97. The largest absolute Gasteiger partial charge is 0.383 e. The number of methoxy groups -OCH3 is 1. The van der Waals surface area contributed by atoms with Crippen molar-refractivity contribution in [2.24, 2.45) is 5.73 Å². The molecule has 0 saturated heterocycles. The topological polar surface area (TPSA) is 38.5 Å². The predicted molar refractivity (Wildman–Crippen MR) is 79.2 cm³/mol. The fraction of sp³-hybridized carbons (Fsp3) is 0.625. The second kappa shape index (κ2) is 6.51. The quantitative estimate of drug-likeness (QED) is 0.820. The molecule has 106 valence electrons. The first-order valence-corrected chi connectivity index (χ1v) is 7.20. The van der Waals surface area contributed by atoms with Crippen LogP contribution in [0.25, 0.3) is 0 Å². The molecule has 1 fully saturated rings. The van der Waals surface area contributed by atoms with E-state index in [9.17, 15) is 0 Å². The molecule has 0 amide bonds. The summed E-state index contributed by atoms with van der Waals surface area (Å²) in [6.45, 7) is 5.97. The number of hydrogen-bond donors (Lipinski definition) is 1. The molecule has 2 unspecified atom stereocenters. The molecule has 1 aliphatic carbocycles. The third-order valence-corrected chi connectivity index (χ3v) is 3.81. The van der Waals surface area contributed by atoms with E-state index in [1.807, 2.05) is 0 Å². The third-order valence-electron chi connectivity index (χ3n) is 3.81. The number of aryl methyl sites for hydroxylation is 1. The molecule has 3 nitrogen and oxygen atoms in total. The molecule has 2 atom stereocenters. The van der Waals surface area contributed by atoms with Gasteiger partial charge in [-0.3, -0.25) is 4.90 Å². The number of rotatable bonds is 7. The minimum atomic E-state index is 0.124. The summed E-state index contributed by atoms with van der Waals surface area (Å²) in [5, 5.41) is 0. The Morgan fingerprint density at radius 1 is 1.42 bits per heavy atom. The molecule has 2 N–H and O–H groups in total. The molecule has 2 rings (SSSR count). The van der Waals surface area contributed by atoms with Crippen LogP contribution in [0.3, 0.4) is 0 Å². The molecule has 0 aromatic heterocycles. The molecule has 0 heterocycles. The van der Waals surface area contributed by atoms with Gasteiger partial charge < -0.3 is 10.5 Å². The number of hydrogen-bond acceptors (Lipinski definition) is 3. The van der Waals surface area contributed by atoms with E-state index >= 15 is 0 Å². The van der Waals surface area contributed by atoms with Gasteiger partial charge in [-0.15, -0.1) is 0 Å². The van der Waals surface area contributed by atoms with Crippen LogP contribution in [0.15, 0.2) is 24.3 Å². The van der Waals surface area contributed by atoms with E-state index in [0.717, 1.165) is 13.2 Å². The Balaban J connectivity index is 2.21. The van der Waals surface area contributed by atoms with Gasteiger partial charge in [0.05, 0.1) is 6.61 Å². The van der Waals surface area contributed by atoms with Gasteiger partial charge in [0.2, 0.25) is 0 Å².